The molecule has 3 aromatic rings. The monoisotopic (exact) mass is 442 g/mol. The number of halogens is 3. The zero-order valence-corrected chi connectivity index (χ0v) is 17.9. The average Bonchev–Trinajstić information content (AvgIpc) is 3.21. The Morgan fingerprint density at radius 2 is 1.78 bits per heavy atom. The molecule has 0 radical (unpaired) electrons. The van der Waals surface area contributed by atoms with Gasteiger partial charge < -0.3 is 0 Å². The first-order chi connectivity index (χ1) is 14.9. The van der Waals surface area contributed by atoms with E-state index in [9.17, 15) is 22.8 Å². The lowest BCUT2D eigenvalue weighted by Gasteiger charge is -2.21. The van der Waals surface area contributed by atoms with Gasteiger partial charge in [0.2, 0.25) is 6.41 Å². The Labute approximate surface area is 182 Å². The molecule has 0 aliphatic heterocycles. The molecule has 0 saturated heterocycles. The first kappa shape index (κ1) is 21.6. The van der Waals surface area contributed by atoms with Gasteiger partial charge in [0.05, 0.1) is 33.9 Å². The molecule has 0 bridgehead atoms. The molecule has 166 valence electrons. The van der Waals surface area contributed by atoms with Gasteiger partial charge in [0, 0.05) is 23.6 Å². The maximum atomic E-state index is 13.2. The molecular weight excluding hydrogens is 421 g/mol. The van der Waals surface area contributed by atoms with Crippen LogP contribution in [0.5, 0.6) is 0 Å². The lowest BCUT2D eigenvalue weighted by molar-refractivity contribution is -0.137. The second-order valence-corrected chi connectivity index (χ2v) is 8.67. The number of carbonyl (C=O) groups is 2. The number of ketones is 1. The molecule has 0 saturated carbocycles. The van der Waals surface area contributed by atoms with Crippen LogP contribution in [0.1, 0.15) is 48.0 Å². The van der Waals surface area contributed by atoms with Crippen LogP contribution >= 0.6 is 0 Å². The molecule has 1 aliphatic rings. The Morgan fingerprint density at radius 3 is 2.41 bits per heavy atom. The minimum Gasteiger partial charge on any atom is -0.292 e. The number of fused-ring (bicyclic) bond motifs is 3. The summed E-state index contributed by atoms with van der Waals surface area (Å²) in [6, 6.07) is 9.42. The summed E-state index contributed by atoms with van der Waals surface area (Å²) in [6.07, 6.45) is -4.06. The van der Waals surface area contributed by atoms with Crippen molar-refractivity contribution >= 4 is 23.6 Å². The molecule has 0 spiro atoms. The second kappa shape index (κ2) is 7.22. The number of rotatable bonds is 4. The highest BCUT2D eigenvalue weighted by molar-refractivity contribution is 6.22. The predicted molar refractivity (Wildman–Crippen MR) is 114 cm³/mol. The van der Waals surface area contributed by atoms with Crippen molar-refractivity contribution in [3.8, 4) is 11.3 Å². The summed E-state index contributed by atoms with van der Waals surface area (Å²) in [5.74, 6) is -0.195. The van der Waals surface area contributed by atoms with E-state index in [2.05, 4.69) is 10.5 Å². The summed E-state index contributed by atoms with van der Waals surface area (Å²) in [4.78, 5) is 25.0. The van der Waals surface area contributed by atoms with Crippen molar-refractivity contribution in [1.82, 2.24) is 9.78 Å². The van der Waals surface area contributed by atoms with Crippen LogP contribution in [0.3, 0.4) is 0 Å². The quantitative estimate of drug-likeness (QED) is 0.359. The van der Waals surface area contributed by atoms with Gasteiger partial charge in [0.15, 0.2) is 5.78 Å². The molecule has 1 amide bonds. The Balaban J connectivity index is 1.70. The fourth-order valence-electron chi connectivity index (χ4n) is 3.84. The molecule has 0 unspecified atom stereocenters. The maximum Gasteiger partial charge on any atom is 0.416 e. The molecule has 1 aliphatic carbocycles. The number of carbonyl (C=O) groups excluding carboxylic acids is 2. The summed E-state index contributed by atoms with van der Waals surface area (Å²) in [7, 11) is 1.78. The normalized spacial score (nSPS) is 13.0. The minimum atomic E-state index is -4.51. The lowest BCUT2D eigenvalue weighted by atomic mass is 9.88. The fourth-order valence-corrected chi connectivity index (χ4v) is 3.84. The van der Waals surface area contributed by atoms with Gasteiger partial charge in [0.1, 0.15) is 0 Å². The van der Waals surface area contributed by atoms with Crippen molar-refractivity contribution in [2.45, 2.75) is 32.4 Å². The van der Waals surface area contributed by atoms with Gasteiger partial charge in [-0.3, -0.25) is 19.7 Å². The van der Waals surface area contributed by atoms with Gasteiger partial charge in [-0.2, -0.15) is 18.3 Å². The number of hydrogen-bond donors (Lipinski definition) is 1. The van der Waals surface area contributed by atoms with Crippen molar-refractivity contribution in [1.29, 1.82) is 0 Å². The molecule has 32 heavy (non-hydrogen) atoms. The van der Waals surface area contributed by atoms with Gasteiger partial charge in [-0.15, -0.1) is 0 Å². The largest absolute Gasteiger partial charge is 0.416 e. The van der Waals surface area contributed by atoms with E-state index in [0.717, 1.165) is 17.1 Å². The third kappa shape index (κ3) is 3.53. The van der Waals surface area contributed by atoms with E-state index in [1.54, 1.807) is 29.9 Å². The van der Waals surface area contributed by atoms with Gasteiger partial charge in [-0.25, -0.2) is 5.01 Å². The van der Waals surface area contributed by atoms with Gasteiger partial charge in [-0.05, 0) is 36.4 Å². The molecule has 1 aromatic heterocycles. The highest BCUT2D eigenvalue weighted by atomic mass is 19.4. The number of aromatic nitrogens is 2. The number of aryl methyl sites for hydroxylation is 1. The molecule has 1 N–H and O–H groups in total. The van der Waals surface area contributed by atoms with Crippen LogP contribution in [0, 0.1) is 0 Å². The van der Waals surface area contributed by atoms with E-state index in [1.165, 1.54) is 12.1 Å². The maximum absolute atomic E-state index is 13.2. The predicted octanol–water partition coefficient (Wildman–Crippen LogP) is 4.94. The number of nitrogens with one attached hydrogen (secondary N) is 1. The number of amides is 1. The van der Waals surface area contributed by atoms with Crippen molar-refractivity contribution in [2.24, 2.45) is 7.05 Å². The van der Waals surface area contributed by atoms with E-state index in [0.29, 0.717) is 40.2 Å². The molecule has 1 heterocycles. The molecule has 9 heteroatoms. The number of benzene rings is 2. The molecule has 0 atom stereocenters. The summed E-state index contributed by atoms with van der Waals surface area (Å²) in [6.45, 7) is 5.93. The standard InChI is InChI=1S/C23H21F3N4O2/c1-22(2,3)21-18-19(29(4)28-21)16-9-8-15(11-17(16)20(18)32)30(12-31)27-14-7-5-6-13(10-14)23(24,25)26/h5-12,27H,1-4H3. The highest BCUT2D eigenvalue weighted by Crippen LogP contribution is 2.42. The van der Waals surface area contributed by atoms with Crippen LogP contribution in [0.25, 0.3) is 11.3 Å². The number of hydrogen-bond acceptors (Lipinski definition) is 4. The Morgan fingerprint density at radius 1 is 1.06 bits per heavy atom. The second-order valence-electron chi connectivity index (χ2n) is 8.67. The van der Waals surface area contributed by atoms with Gasteiger partial charge in [0.25, 0.3) is 0 Å². The third-order valence-corrected chi connectivity index (χ3v) is 5.31. The fraction of sp³-hybridized carbons (Fsp3) is 0.261. The molecule has 2 aromatic carbocycles. The number of alkyl halides is 3. The lowest BCUT2D eigenvalue weighted by Crippen LogP contribution is -2.28. The topological polar surface area (TPSA) is 67.2 Å². The first-order valence-corrected chi connectivity index (χ1v) is 9.87. The van der Waals surface area contributed by atoms with Crippen LogP contribution in [0.15, 0.2) is 42.5 Å². The van der Waals surface area contributed by atoms with E-state index < -0.39 is 11.7 Å². The van der Waals surface area contributed by atoms with Gasteiger partial charge in [-0.1, -0.05) is 26.8 Å². The van der Waals surface area contributed by atoms with Crippen molar-refractivity contribution < 1.29 is 22.8 Å². The number of hydrazine groups is 1. The van der Waals surface area contributed by atoms with E-state index in [4.69, 9.17) is 0 Å². The van der Waals surface area contributed by atoms with E-state index in [1.807, 2.05) is 20.8 Å². The summed E-state index contributed by atoms with van der Waals surface area (Å²) in [5.41, 5.74) is 4.94. The molecule has 6 nitrogen and oxygen atoms in total. The minimum absolute atomic E-state index is 0.0845. The Hall–Kier alpha value is -3.62. The number of anilines is 2. The molecule has 4 rings (SSSR count). The first-order valence-electron chi connectivity index (χ1n) is 9.87. The zero-order chi connectivity index (χ0) is 23.4. The SMILES string of the molecule is Cn1nc(C(C)(C)C)c2c1-c1ccc(N(C=O)Nc3cccc(C(F)(F)F)c3)cc1C2=O. The average molecular weight is 442 g/mol. The third-order valence-electron chi connectivity index (χ3n) is 5.31. The smallest absolute Gasteiger partial charge is 0.292 e. The van der Waals surface area contributed by atoms with Crippen molar-refractivity contribution in [2.75, 3.05) is 10.4 Å². The van der Waals surface area contributed by atoms with Gasteiger partial charge >= 0.3 is 6.18 Å². The van der Waals surface area contributed by atoms with E-state index in [-0.39, 0.29) is 16.9 Å². The van der Waals surface area contributed by atoms with E-state index >= 15 is 0 Å². The van der Waals surface area contributed by atoms with Crippen LogP contribution in [0.4, 0.5) is 24.5 Å². The summed E-state index contributed by atoms with van der Waals surface area (Å²) in [5, 5.41) is 5.57. The highest BCUT2D eigenvalue weighted by Gasteiger charge is 2.37. The number of nitrogens with zero attached hydrogens (tertiary/aromatic N) is 3. The van der Waals surface area contributed by atoms with Crippen molar-refractivity contribution in [3.63, 3.8) is 0 Å². The Bertz CT molecular complexity index is 1240. The van der Waals surface area contributed by atoms with Crippen LogP contribution in [0.2, 0.25) is 0 Å². The van der Waals surface area contributed by atoms with Crippen molar-refractivity contribution in [3.05, 3.63) is 64.8 Å². The van der Waals surface area contributed by atoms with Crippen LogP contribution in [-0.2, 0) is 23.4 Å². The Kier molecular flexibility index (Phi) is 4.87. The zero-order valence-electron chi connectivity index (χ0n) is 17.9. The molecule has 0 fully saturated rings. The van der Waals surface area contributed by atoms with Crippen LogP contribution in [-0.4, -0.2) is 22.0 Å². The van der Waals surface area contributed by atoms with Crippen LogP contribution < -0.4 is 10.4 Å². The molecular formula is C23H21F3N4O2. The summed E-state index contributed by atoms with van der Waals surface area (Å²) < 4.78 is 40.7. The summed E-state index contributed by atoms with van der Waals surface area (Å²) >= 11 is 0.